The summed E-state index contributed by atoms with van der Waals surface area (Å²) in [5, 5.41) is 3.10. The Morgan fingerprint density at radius 3 is 2.74 bits per heavy atom. The van der Waals surface area contributed by atoms with Crippen molar-refractivity contribution < 1.29 is 9.18 Å². The topological polar surface area (TPSA) is 46.9 Å². The Hall–Kier alpha value is -2.17. The second-order valence-electron chi connectivity index (χ2n) is 6.27. The van der Waals surface area contributed by atoms with E-state index in [1.165, 1.54) is 6.07 Å². The number of hydrogen-bond donors (Lipinski definition) is 1. The summed E-state index contributed by atoms with van der Waals surface area (Å²) in [6.45, 7) is 2.08. The number of nitrogens with zero attached hydrogens (tertiary/aromatic N) is 2. The Labute approximate surface area is 135 Å². The molecule has 3 rings (SSSR count). The fraction of sp³-hybridized carbons (Fsp3) is 0.444. The van der Waals surface area contributed by atoms with Gasteiger partial charge in [-0.25, -0.2) is 9.37 Å². The van der Waals surface area contributed by atoms with Crippen LogP contribution in [0.5, 0.6) is 0 Å². The van der Waals surface area contributed by atoms with Gasteiger partial charge >= 0.3 is 0 Å². The molecule has 0 unspecified atom stereocenters. The van der Waals surface area contributed by atoms with Crippen LogP contribution in [0, 0.1) is 5.82 Å². The zero-order chi connectivity index (χ0) is 16.4. The van der Waals surface area contributed by atoms with E-state index in [0.29, 0.717) is 18.4 Å². The number of aryl methyl sites for hydroxylation is 1. The van der Waals surface area contributed by atoms with Crippen LogP contribution in [-0.4, -0.2) is 15.5 Å². The average Bonchev–Trinajstić information content (AvgIpc) is 3.23. The molecule has 23 heavy (non-hydrogen) atoms. The minimum absolute atomic E-state index is 0.0935. The first kappa shape index (κ1) is 15.7. The van der Waals surface area contributed by atoms with Crippen molar-refractivity contribution in [3.8, 4) is 0 Å². The highest BCUT2D eigenvalue weighted by atomic mass is 19.1. The molecular formula is C18H22FN3O. The normalized spacial score (nSPS) is 16.8. The van der Waals surface area contributed by atoms with E-state index >= 15 is 0 Å². The number of nitrogens with one attached hydrogen (secondary N) is 1. The van der Waals surface area contributed by atoms with Crippen LogP contribution in [-0.2, 0) is 17.3 Å². The summed E-state index contributed by atoms with van der Waals surface area (Å²) in [6.07, 6.45) is 6.73. The van der Waals surface area contributed by atoms with Gasteiger partial charge < -0.3 is 9.88 Å². The number of amides is 1. The number of hydrogen-bond acceptors (Lipinski definition) is 2. The molecule has 0 bridgehead atoms. The molecule has 0 saturated heterocycles. The Morgan fingerprint density at radius 2 is 2.17 bits per heavy atom. The third kappa shape index (κ3) is 2.87. The largest absolute Gasteiger partial charge is 0.345 e. The summed E-state index contributed by atoms with van der Waals surface area (Å²) >= 11 is 0. The maximum atomic E-state index is 14.1. The van der Waals surface area contributed by atoms with Crippen LogP contribution in [0.2, 0.25) is 0 Å². The predicted octanol–water partition coefficient (Wildman–Crippen LogP) is 3.25. The molecule has 1 atom stereocenters. The van der Waals surface area contributed by atoms with E-state index in [1.807, 2.05) is 17.8 Å². The van der Waals surface area contributed by atoms with Gasteiger partial charge in [0.15, 0.2) is 0 Å². The molecular weight excluding hydrogens is 293 g/mol. The van der Waals surface area contributed by atoms with Crippen molar-refractivity contribution in [2.24, 2.45) is 7.05 Å². The van der Waals surface area contributed by atoms with Gasteiger partial charge in [-0.1, -0.05) is 31.5 Å². The molecule has 5 heteroatoms. The van der Waals surface area contributed by atoms with Gasteiger partial charge in [-0.3, -0.25) is 4.79 Å². The van der Waals surface area contributed by atoms with Crippen molar-refractivity contribution in [2.75, 3.05) is 0 Å². The van der Waals surface area contributed by atoms with E-state index < -0.39 is 5.41 Å². The molecule has 1 heterocycles. The minimum Gasteiger partial charge on any atom is -0.345 e. The van der Waals surface area contributed by atoms with Gasteiger partial charge in [0.05, 0.1) is 11.5 Å². The molecule has 122 valence electrons. The molecule has 1 amide bonds. The van der Waals surface area contributed by atoms with E-state index in [0.717, 1.165) is 18.7 Å². The average molecular weight is 315 g/mol. The smallest absolute Gasteiger partial charge is 0.231 e. The number of rotatable bonds is 6. The molecule has 1 fully saturated rings. The fourth-order valence-corrected chi connectivity index (χ4v) is 3.16. The molecule has 1 N–H and O–H groups in total. The van der Waals surface area contributed by atoms with Crippen molar-refractivity contribution in [3.63, 3.8) is 0 Å². The molecule has 1 saturated carbocycles. The first-order chi connectivity index (χ1) is 11.1. The van der Waals surface area contributed by atoms with Crippen molar-refractivity contribution >= 4 is 5.91 Å². The van der Waals surface area contributed by atoms with Gasteiger partial charge in [0.25, 0.3) is 0 Å². The molecule has 1 aliphatic rings. The maximum Gasteiger partial charge on any atom is 0.231 e. The third-order valence-corrected chi connectivity index (χ3v) is 4.63. The van der Waals surface area contributed by atoms with Crippen LogP contribution in [0.4, 0.5) is 4.39 Å². The maximum absolute atomic E-state index is 14.1. The first-order valence-corrected chi connectivity index (χ1v) is 8.11. The molecule has 0 aliphatic heterocycles. The van der Waals surface area contributed by atoms with Crippen LogP contribution < -0.4 is 5.32 Å². The summed E-state index contributed by atoms with van der Waals surface area (Å²) in [5.41, 5.74) is -0.199. The van der Waals surface area contributed by atoms with Gasteiger partial charge in [-0.15, -0.1) is 0 Å². The monoisotopic (exact) mass is 315 g/mol. The van der Waals surface area contributed by atoms with Gasteiger partial charge in [-0.05, 0) is 25.3 Å². The standard InChI is InChI=1S/C18H22FN3O/c1-3-6-15(16-20-11-12-22(16)2)21-17(23)18(9-10-18)13-7-4-5-8-14(13)19/h4-5,7-8,11-12,15H,3,6,9-10H2,1-2H3,(H,21,23)/t15-/m0/s1. The van der Waals surface area contributed by atoms with E-state index in [9.17, 15) is 9.18 Å². The first-order valence-electron chi connectivity index (χ1n) is 8.11. The van der Waals surface area contributed by atoms with Crippen LogP contribution >= 0.6 is 0 Å². The highest BCUT2D eigenvalue weighted by Crippen LogP contribution is 2.49. The predicted molar refractivity (Wildman–Crippen MR) is 86.3 cm³/mol. The molecule has 0 radical (unpaired) electrons. The number of imidazole rings is 1. The fourth-order valence-electron chi connectivity index (χ4n) is 3.16. The van der Waals surface area contributed by atoms with Crippen molar-refractivity contribution in [1.29, 1.82) is 0 Å². The lowest BCUT2D eigenvalue weighted by molar-refractivity contribution is -0.124. The third-order valence-electron chi connectivity index (χ3n) is 4.63. The number of benzene rings is 1. The number of halogens is 1. The molecule has 2 aromatic rings. The highest BCUT2D eigenvalue weighted by Gasteiger charge is 2.53. The van der Waals surface area contributed by atoms with Crippen molar-refractivity contribution in [2.45, 2.75) is 44.1 Å². The Balaban J connectivity index is 1.83. The van der Waals surface area contributed by atoms with Crippen LogP contribution in [0.3, 0.4) is 0 Å². The lowest BCUT2D eigenvalue weighted by Crippen LogP contribution is -2.38. The summed E-state index contributed by atoms with van der Waals surface area (Å²) < 4.78 is 16.0. The van der Waals surface area contributed by atoms with Crippen LogP contribution in [0.25, 0.3) is 0 Å². The van der Waals surface area contributed by atoms with E-state index in [4.69, 9.17) is 0 Å². The van der Waals surface area contributed by atoms with E-state index in [2.05, 4.69) is 17.2 Å². The Bertz CT molecular complexity index is 706. The summed E-state index contributed by atoms with van der Waals surface area (Å²) in [6, 6.07) is 6.44. The summed E-state index contributed by atoms with van der Waals surface area (Å²) in [5.74, 6) is 0.442. The van der Waals surface area contributed by atoms with Crippen LogP contribution in [0.15, 0.2) is 36.7 Å². The van der Waals surface area contributed by atoms with Gasteiger partial charge in [0, 0.05) is 25.0 Å². The SMILES string of the molecule is CCC[C@H](NC(=O)C1(c2ccccc2F)CC1)c1nccn1C. The lowest BCUT2D eigenvalue weighted by Gasteiger charge is -2.22. The second kappa shape index (κ2) is 6.14. The number of carbonyl (C=O) groups is 1. The van der Waals surface area contributed by atoms with Gasteiger partial charge in [0.1, 0.15) is 11.6 Å². The zero-order valence-electron chi connectivity index (χ0n) is 13.6. The van der Waals surface area contributed by atoms with Crippen LogP contribution in [0.1, 0.15) is 50.0 Å². The van der Waals surface area contributed by atoms with Gasteiger partial charge in [0.2, 0.25) is 5.91 Å². The molecule has 1 aromatic carbocycles. The lowest BCUT2D eigenvalue weighted by atomic mass is 9.93. The summed E-state index contributed by atoms with van der Waals surface area (Å²) in [4.78, 5) is 17.2. The molecule has 4 nitrogen and oxygen atoms in total. The van der Waals surface area contributed by atoms with E-state index in [-0.39, 0.29) is 17.8 Å². The quantitative estimate of drug-likeness (QED) is 0.889. The van der Waals surface area contributed by atoms with E-state index in [1.54, 1.807) is 24.4 Å². The second-order valence-corrected chi connectivity index (χ2v) is 6.27. The highest BCUT2D eigenvalue weighted by molar-refractivity contribution is 5.91. The molecule has 1 aliphatic carbocycles. The molecule has 1 aromatic heterocycles. The Kier molecular flexibility index (Phi) is 4.20. The number of aromatic nitrogens is 2. The van der Waals surface area contributed by atoms with Crippen molar-refractivity contribution in [1.82, 2.24) is 14.9 Å². The Morgan fingerprint density at radius 1 is 1.43 bits per heavy atom. The van der Waals surface area contributed by atoms with Gasteiger partial charge in [-0.2, -0.15) is 0 Å². The number of carbonyl (C=O) groups excluding carboxylic acids is 1. The zero-order valence-corrected chi connectivity index (χ0v) is 13.6. The van der Waals surface area contributed by atoms with Crippen molar-refractivity contribution in [3.05, 3.63) is 53.9 Å². The molecule has 0 spiro atoms. The summed E-state index contributed by atoms with van der Waals surface area (Å²) in [7, 11) is 1.92. The minimum atomic E-state index is -0.706.